The maximum absolute atomic E-state index is 14.7. The zero-order valence-electron chi connectivity index (χ0n) is 31.1. The lowest BCUT2D eigenvalue weighted by Crippen LogP contribution is -2.52. The first-order valence-electron chi connectivity index (χ1n) is 19.0. The van der Waals surface area contributed by atoms with Gasteiger partial charge in [-0.3, -0.25) is 14.4 Å². The lowest BCUT2D eigenvalue weighted by atomic mass is 9.51. The quantitative estimate of drug-likeness (QED) is 0.261. The number of nitrogens with zero attached hydrogens (tertiary/aromatic N) is 5. The molecule has 3 heterocycles. The van der Waals surface area contributed by atoms with Crippen molar-refractivity contribution in [3.05, 3.63) is 60.0 Å². The molecular formula is C41H55N5O5. The number of pyridine rings is 1. The fraction of sp³-hybridized carbons (Fsp3) is 0.610. The van der Waals surface area contributed by atoms with Crippen LogP contribution in [0, 0.1) is 18.3 Å². The van der Waals surface area contributed by atoms with Gasteiger partial charge in [-0.15, -0.1) is 0 Å². The van der Waals surface area contributed by atoms with Crippen LogP contribution >= 0.6 is 0 Å². The van der Waals surface area contributed by atoms with Crippen molar-refractivity contribution in [1.82, 2.24) is 19.7 Å². The normalized spacial score (nSPS) is 27.7. The minimum Gasteiger partial charge on any atom is -0.496 e. The predicted octanol–water partition coefficient (Wildman–Crippen LogP) is 7.40. The van der Waals surface area contributed by atoms with E-state index in [4.69, 9.17) is 14.5 Å². The largest absolute Gasteiger partial charge is 0.496 e. The second-order valence-electron chi connectivity index (χ2n) is 16.9. The molecule has 3 aromatic rings. The Bertz CT molecular complexity index is 1710. The maximum atomic E-state index is 14.7. The van der Waals surface area contributed by atoms with E-state index in [-0.39, 0.29) is 40.4 Å². The molecule has 274 valence electrons. The summed E-state index contributed by atoms with van der Waals surface area (Å²) in [7, 11) is 1.73. The Balaban J connectivity index is 1.10. The Hall–Kier alpha value is -3.92. The summed E-state index contributed by atoms with van der Waals surface area (Å²) in [6, 6.07) is 10.8. The van der Waals surface area contributed by atoms with Crippen LogP contribution in [0.5, 0.6) is 5.75 Å². The number of hydrogen-bond donors (Lipinski definition) is 1. The second kappa shape index (κ2) is 13.9. The first-order chi connectivity index (χ1) is 24.4. The fourth-order valence-corrected chi connectivity index (χ4v) is 9.11. The van der Waals surface area contributed by atoms with E-state index in [2.05, 4.69) is 63.3 Å². The van der Waals surface area contributed by atoms with Crippen LogP contribution in [0.25, 0.3) is 11.1 Å². The number of amides is 2. The lowest BCUT2D eigenvalue weighted by molar-refractivity contribution is -0.124. The van der Waals surface area contributed by atoms with Crippen molar-refractivity contribution >= 4 is 17.8 Å². The summed E-state index contributed by atoms with van der Waals surface area (Å²) in [5, 5.41) is 14.5. The molecule has 0 radical (unpaired) electrons. The van der Waals surface area contributed by atoms with E-state index in [0.29, 0.717) is 57.6 Å². The first kappa shape index (κ1) is 35.5. The molecule has 2 bridgehead atoms. The van der Waals surface area contributed by atoms with E-state index in [9.17, 15) is 14.7 Å². The number of rotatable bonds is 8. The van der Waals surface area contributed by atoms with Gasteiger partial charge in [0, 0.05) is 43.5 Å². The number of carbonyl (C=O) groups is 2. The molecule has 2 amide bonds. The average Bonchev–Trinajstić information content (AvgIpc) is 3.82. The molecule has 1 saturated heterocycles. The van der Waals surface area contributed by atoms with Crippen LogP contribution in [0.2, 0.25) is 0 Å². The third kappa shape index (κ3) is 7.26. The Morgan fingerprint density at radius 2 is 1.71 bits per heavy atom. The molecule has 0 unspecified atom stereocenters. The van der Waals surface area contributed by atoms with Gasteiger partial charge >= 0.3 is 6.09 Å². The zero-order chi connectivity index (χ0) is 36.0. The third-order valence-corrected chi connectivity index (χ3v) is 12.5. The number of fused-ring (bicyclic) bond motifs is 3. The van der Waals surface area contributed by atoms with Crippen molar-refractivity contribution in [2.24, 2.45) is 11.3 Å². The van der Waals surface area contributed by atoms with E-state index in [1.54, 1.807) is 12.0 Å². The fourth-order valence-electron chi connectivity index (χ4n) is 9.11. The molecule has 1 aromatic carbocycles. The summed E-state index contributed by atoms with van der Waals surface area (Å²) < 4.78 is 13.4. The van der Waals surface area contributed by atoms with E-state index in [1.807, 2.05) is 28.0 Å². The topological polar surface area (TPSA) is 110 Å². The van der Waals surface area contributed by atoms with Gasteiger partial charge in [0.25, 0.3) is 0 Å². The number of methoxy groups -OCH3 is 1. The number of ether oxygens (including phenoxy) is 2. The van der Waals surface area contributed by atoms with Crippen molar-refractivity contribution < 1.29 is 24.2 Å². The van der Waals surface area contributed by atoms with Crippen LogP contribution in [0.15, 0.2) is 48.9 Å². The molecule has 8 rings (SSSR count). The minimum atomic E-state index is -0.477. The molecule has 1 N–H and O–H groups in total. The number of hydrogen-bond acceptors (Lipinski definition) is 7. The van der Waals surface area contributed by atoms with E-state index >= 15 is 0 Å². The molecule has 2 aromatic heterocycles. The first-order valence-corrected chi connectivity index (χ1v) is 19.0. The minimum absolute atomic E-state index is 0.0424. The zero-order valence-corrected chi connectivity index (χ0v) is 31.1. The van der Waals surface area contributed by atoms with Crippen LogP contribution in [0.4, 0.5) is 10.6 Å². The molecule has 4 aliphatic carbocycles. The van der Waals surface area contributed by atoms with E-state index < -0.39 is 6.10 Å². The molecule has 5 aliphatic rings. The van der Waals surface area contributed by atoms with Crippen molar-refractivity contribution in [1.29, 1.82) is 0 Å². The summed E-state index contributed by atoms with van der Waals surface area (Å²) >= 11 is 0. The molecule has 5 fully saturated rings. The molecule has 10 nitrogen and oxygen atoms in total. The highest BCUT2D eigenvalue weighted by atomic mass is 16.6. The van der Waals surface area contributed by atoms with Crippen molar-refractivity contribution in [2.45, 2.75) is 121 Å². The molecule has 1 atom stereocenters. The predicted molar refractivity (Wildman–Crippen MR) is 197 cm³/mol. The van der Waals surface area contributed by atoms with Gasteiger partial charge in [0.05, 0.1) is 24.9 Å². The molecular weight excluding hydrogens is 642 g/mol. The van der Waals surface area contributed by atoms with Gasteiger partial charge < -0.3 is 19.5 Å². The summed E-state index contributed by atoms with van der Waals surface area (Å²) in [5.74, 6) is 1.60. The Kier molecular flexibility index (Phi) is 9.67. The van der Waals surface area contributed by atoms with Gasteiger partial charge in [-0.1, -0.05) is 12.1 Å². The Morgan fingerprint density at radius 1 is 0.980 bits per heavy atom. The molecule has 1 aliphatic heterocycles. The Labute approximate surface area is 302 Å². The number of aryl methyl sites for hydroxylation is 1. The van der Waals surface area contributed by atoms with Gasteiger partial charge in [-0.25, -0.2) is 9.78 Å². The van der Waals surface area contributed by atoms with Gasteiger partial charge in [-0.05, 0) is 144 Å². The summed E-state index contributed by atoms with van der Waals surface area (Å²) in [6.45, 7) is 10.0. The number of anilines is 1. The highest BCUT2D eigenvalue weighted by Gasteiger charge is 2.51. The number of aromatic nitrogens is 3. The van der Waals surface area contributed by atoms with Crippen LogP contribution in [0.1, 0.15) is 103 Å². The number of aliphatic hydroxyl groups is 1. The number of likely N-dealkylation sites (tertiary alicyclic amines) is 1. The van der Waals surface area contributed by atoms with Crippen LogP contribution < -0.4 is 9.64 Å². The van der Waals surface area contributed by atoms with E-state index in [0.717, 1.165) is 55.4 Å². The van der Waals surface area contributed by atoms with E-state index in [1.165, 1.54) is 11.1 Å². The monoisotopic (exact) mass is 697 g/mol. The van der Waals surface area contributed by atoms with Gasteiger partial charge in [-0.2, -0.15) is 5.10 Å². The van der Waals surface area contributed by atoms with Gasteiger partial charge in [0.2, 0.25) is 5.91 Å². The van der Waals surface area contributed by atoms with Gasteiger partial charge in [0.15, 0.2) is 0 Å². The van der Waals surface area contributed by atoms with Crippen LogP contribution in [-0.2, 0) is 20.5 Å². The number of aliphatic hydroxyl groups excluding tert-OH is 1. The number of benzene rings is 1. The molecule has 0 spiro atoms. The summed E-state index contributed by atoms with van der Waals surface area (Å²) in [4.78, 5) is 35.9. The maximum Gasteiger partial charge on any atom is 0.410 e. The Morgan fingerprint density at radius 3 is 2.31 bits per heavy atom. The second-order valence-corrected chi connectivity index (χ2v) is 16.9. The summed E-state index contributed by atoms with van der Waals surface area (Å²) in [6.07, 6.45) is 14.5. The smallest absolute Gasteiger partial charge is 0.410 e. The highest BCUT2D eigenvalue weighted by molar-refractivity contribution is 5.95. The van der Waals surface area contributed by atoms with Crippen molar-refractivity contribution in [2.75, 3.05) is 31.6 Å². The average molecular weight is 698 g/mol. The van der Waals surface area contributed by atoms with Crippen molar-refractivity contribution in [3.63, 3.8) is 0 Å². The van der Waals surface area contributed by atoms with Crippen LogP contribution in [-0.4, -0.2) is 75.7 Å². The molecule has 4 saturated carbocycles. The third-order valence-electron chi connectivity index (χ3n) is 12.5. The van der Waals surface area contributed by atoms with Crippen LogP contribution in [0.3, 0.4) is 0 Å². The van der Waals surface area contributed by atoms with Crippen molar-refractivity contribution in [3.8, 4) is 16.9 Å². The highest BCUT2D eigenvalue weighted by Crippen LogP contribution is 2.58. The molecule has 10 heteroatoms. The lowest BCUT2D eigenvalue weighted by Gasteiger charge is -2.55. The standard InChI is InChI=1S/C41H55N5O5/c1-28-22-32(8-11-35(28)50-5)41-17-14-40(15-18-41,16-19-41)27-45(36-23-30(12-20-42-36)31-24-43-46(25-31)39(2,3)4)37(48)29-6-9-34(10-7-29)51-38(49)44-21-13-33(47)26-44/h8,11-12,20,22-25,29,33-34,47H,6-7,9-10,13-19,21,26-27H2,1-5H3/t29-,33-,34-,40?,41?/m1/s1. The summed E-state index contributed by atoms with van der Waals surface area (Å²) in [5.41, 5.74) is 4.69. The number of β-amino-alcohol motifs (C(OH)–C–C–N with tert-alkyl or cyclic N) is 1. The SMILES string of the molecule is COc1ccc(C23CCC(CN(c4cc(-c5cnn(C(C)(C)C)c5)ccn4)C(=O)[C@H]4CC[C@H](OC(=O)N5CC[C@@H](O)C5)CC4)(CC2)CC3)cc1C. The molecule has 51 heavy (non-hydrogen) atoms. The number of carbonyl (C=O) groups excluding carboxylic acids is 2. The van der Waals surface area contributed by atoms with Gasteiger partial charge in [0.1, 0.15) is 17.7 Å².